The van der Waals surface area contributed by atoms with Gasteiger partial charge in [-0.05, 0) is 60.4 Å². The molecule has 1 unspecified atom stereocenters. The maximum atomic E-state index is 13.6. The van der Waals surface area contributed by atoms with Crippen LogP contribution in [0.2, 0.25) is 5.02 Å². The van der Waals surface area contributed by atoms with Gasteiger partial charge in [0.15, 0.2) is 6.61 Å². The number of hydrogen-bond acceptors (Lipinski definition) is 3. The molecule has 5 nitrogen and oxygen atoms in total. The quantitative estimate of drug-likeness (QED) is 0.317. The van der Waals surface area contributed by atoms with Crippen LogP contribution in [0.1, 0.15) is 30.0 Å². The van der Waals surface area contributed by atoms with Gasteiger partial charge >= 0.3 is 0 Å². The van der Waals surface area contributed by atoms with Gasteiger partial charge in [0.25, 0.3) is 5.91 Å². The first kappa shape index (κ1) is 26.8. The molecule has 0 saturated heterocycles. The van der Waals surface area contributed by atoms with Crippen LogP contribution < -0.4 is 10.1 Å². The van der Waals surface area contributed by atoms with E-state index in [0.717, 1.165) is 27.6 Å². The summed E-state index contributed by atoms with van der Waals surface area (Å²) in [5, 5.41) is 3.61. The zero-order chi connectivity index (χ0) is 25.2. The van der Waals surface area contributed by atoms with E-state index in [2.05, 4.69) is 21.2 Å². The second kappa shape index (κ2) is 13.3. The van der Waals surface area contributed by atoms with E-state index in [0.29, 0.717) is 23.7 Å². The third-order valence-electron chi connectivity index (χ3n) is 5.55. The lowest BCUT2D eigenvalue weighted by Gasteiger charge is -2.31. The lowest BCUT2D eigenvalue weighted by Crippen LogP contribution is -2.51. The zero-order valence-electron chi connectivity index (χ0n) is 20.0. The molecular weight excluding hydrogens is 528 g/mol. The van der Waals surface area contributed by atoms with Crippen LogP contribution in [0.4, 0.5) is 0 Å². The molecule has 7 heteroatoms. The molecule has 2 amide bonds. The fourth-order valence-electron chi connectivity index (χ4n) is 3.69. The monoisotopic (exact) mass is 556 g/mol. The summed E-state index contributed by atoms with van der Waals surface area (Å²) in [4.78, 5) is 28.5. The predicted octanol–water partition coefficient (Wildman–Crippen LogP) is 5.96. The van der Waals surface area contributed by atoms with Crippen molar-refractivity contribution < 1.29 is 14.3 Å². The molecule has 3 rings (SSSR count). The van der Waals surface area contributed by atoms with Crippen molar-refractivity contribution in [3.63, 3.8) is 0 Å². The second-order valence-corrected chi connectivity index (χ2v) is 9.67. The lowest BCUT2D eigenvalue weighted by molar-refractivity contribution is -0.142. The highest BCUT2D eigenvalue weighted by molar-refractivity contribution is 9.10. The maximum absolute atomic E-state index is 13.6. The largest absolute Gasteiger partial charge is 0.484 e. The molecule has 0 aromatic heterocycles. The molecule has 1 atom stereocenters. The van der Waals surface area contributed by atoms with Crippen molar-refractivity contribution in [2.24, 2.45) is 0 Å². The summed E-state index contributed by atoms with van der Waals surface area (Å²) < 4.78 is 6.72. The van der Waals surface area contributed by atoms with Gasteiger partial charge in [0, 0.05) is 29.0 Å². The molecule has 0 aliphatic heterocycles. The summed E-state index contributed by atoms with van der Waals surface area (Å²) in [5.41, 5.74) is 2.75. The number of nitrogens with one attached hydrogen (secondary N) is 1. The molecule has 3 aromatic rings. The first-order valence-electron chi connectivity index (χ1n) is 11.6. The summed E-state index contributed by atoms with van der Waals surface area (Å²) >= 11 is 9.61. The van der Waals surface area contributed by atoms with Crippen LogP contribution in [0.15, 0.2) is 77.3 Å². The average molecular weight is 558 g/mol. The first-order chi connectivity index (χ1) is 16.9. The van der Waals surface area contributed by atoms with Crippen molar-refractivity contribution in [3.8, 4) is 5.75 Å². The van der Waals surface area contributed by atoms with Crippen molar-refractivity contribution >= 4 is 39.3 Å². The first-order valence-corrected chi connectivity index (χ1v) is 12.8. The topological polar surface area (TPSA) is 58.6 Å². The van der Waals surface area contributed by atoms with E-state index in [-0.39, 0.29) is 25.0 Å². The number of carbonyl (C=O) groups excluding carboxylic acids is 2. The van der Waals surface area contributed by atoms with Crippen LogP contribution in [0.3, 0.4) is 0 Å². The second-order valence-electron chi connectivity index (χ2n) is 8.35. The van der Waals surface area contributed by atoms with E-state index in [4.69, 9.17) is 16.3 Å². The molecule has 0 bridgehead atoms. The van der Waals surface area contributed by atoms with E-state index in [1.165, 1.54) is 0 Å². The summed E-state index contributed by atoms with van der Waals surface area (Å²) in [6.07, 6.45) is 1.21. The average Bonchev–Trinajstić information content (AvgIpc) is 2.86. The van der Waals surface area contributed by atoms with E-state index in [9.17, 15) is 9.59 Å². The minimum absolute atomic E-state index is 0.179. The standard InChI is InChI=1S/C28H30BrClN2O3/c1-3-14-31-28(34)26(17-21-8-5-4-6-9-21)32(18-22-10-7-11-23(29)16-22)27(33)19-35-24-12-13-25(30)20(2)15-24/h4-13,15-16,26H,3,14,17-19H2,1-2H3,(H,31,34). The number of hydrogen-bond donors (Lipinski definition) is 1. The molecule has 0 aliphatic rings. The maximum Gasteiger partial charge on any atom is 0.261 e. The zero-order valence-corrected chi connectivity index (χ0v) is 22.3. The summed E-state index contributed by atoms with van der Waals surface area (Å²) in [7, 11) is 0. The number of nitrogens with zero attached hydrogens (tertiary/aromatic N) is 1. The van der Waals surface area contributed by atoms with E-state index >= 15 is 0 Å². The molecule has 35 heavy (non-hydrogen) atoms. The third kappa shape index (κ3) is 8.11. The molecule has 184 valence electrons. The Morgan fingerprint density at radius 2 is 1.77 bits per heavy atom. The Hall–Kier alpha value is -2.83. The summed E-state index contributed by atoms with van der Waals surface area (Å²) in [5.74, 6) is 0.101. The number of amides is 2. The van der Waals surface area contributed by atoms with Crippen LogP contribution in [0, 0.1) is 6.92 Å². The van der Waals surface area contributed by atoms with Crippen LogP contribution in [0.5, 0.6) is 5.75 Å². The van der Waals surface area contributed by atoms with Gasteiger partial charge in [-0.15, -0.1) is 0 Å². The van der Waals surface area contributed by atoms with E-state index in [1.807, 2.05) is 68.4 Å². The van der Waals surface area contributed by atoms with Crippen molar-refractivity contribution in [1.29, 1.82) is 0 Å². The Bertz CT molecular complexity index is 1140. The number of carbonyl (C=O) groups is 2. The Morgan fingerprint density at radius 3 is 2.46 bits per heavy atom. The highest BCUT2D eigenvalue weighted by Gasteiger charge is 2.30. The number of rotatable bonds is 11. The molecule has 0 spiro atoms. The minimum atomic E-state index is -0.689. The highest BCUT2D eigenvalue weighted by Crippen LogP contribution is 2.22. The number of benzene rings is 3. The Labute approximate surface area is 220 Å². The fraction of sp³-hybridized carbons (Fsp3) is 0.286. The van der Waals surface area contributed by atoms with Gasteiger partial charge < -0.3 is 15.0 Å². The van der Waals surface area contributed by atoms with Gasteiger partial charge in [-0.25, -0.2) is 0 Å². The van der Waals surface area contributed by atoms with Gasteiger partial charge in [0.1, 0.15) is 11.8 Å². The molecular formula is C28H30BrClN2O3. The van der Waals surface area contributed by atoms with Crippen molar-refractivity contribution in [2.45, 2.75) is 39.3 Å². The van der Waals surface area contributed by atoms with Gasteiger partial charge in [0.2, 0.25) is 5.91 Å². The van der Waals surface area contributed by atoms with Crippen LogP contribution >= 0.6 is 27.5 Å². The normalized spacial score (nSPS) is 11.5. The molecule has 0 saturated carbocycles. The highest BCUT2D eigenvalue weighted by atomic mass is 79.9. The Morgan fingerprint density at radius 1 is 1.03 bits per heavy atom. The summed E-state index contributed by atoms with van der Waals surface area (Å²) in [6, 6.07) is 22.1. The van der Waals surface area contributed by atoms with Gasteiger partial charge in [-0.2, -0.15) is 0 Å². The van der Waals surface area contributed by atoms with Crippen molar-refractivity contribution in [2.75, 3.05) is 13.2 Å². The van der Waals surface area contributed by atoms with Crippen molar-refractivity contribution in [1.82, 2.24) is 10.2 Å². The van der Waals surface area contributed by atoms with E-state index < -0.39 is 6.04 Å². The Kier molecular flexibility index (Phi) is 10.2. The lowest BCUT2D eigenvalue weighted by atomic mass is 10.0. The molecule has 3 aromatic carbocycles. The number of ether oxygens (including phenoxy) is 1. The van der Waals surface area contributed by atoms with Gasteiger partial charge in [0.05, 0.1) is 0 Å². The fourth-order valence-corrected chi connectivity index (χ4v) is 4.25. The van der Waals surface area contributed by atoms with Gasteiger partial charge in [-0.1, -0.05) is 76.9 Å². The molecule has 0 fully saturated rings. The summed E-state index contributed by atoms with van der Waals surface area (Å²) in [6.45, 7) is 4.51. The van der Waals surface area contributed by atoms with Crippen LogP contribution in [-0.4, -0.2) is 35.9 Å². The van der Waals surface area contributed by atoms with Crippen LogP contribution in [-0.2, 0) is 22.6 Å². The Balaban J connectivity index is 1.89. The molecule has 0 radical (unpaired) electrons. The van der Waals surface area contributed by atoms with Crippen molar-refractivity contribution in [3.05, 3.63) is 99.0 Å². The number of halogens is 2. The van der Waals surface area contributed by atoms with Gasteiger partial charge in [-0.3, -0.25) is 9.59 Å². The number of aryl methyl sites for hydroxylation is 1. The minimum Gasteiger partial charge on any atom is -0.484 e. The third-order valence-corrected chi connectivity index (χ3v) is 6.47. The van der Waals surface area contributed by atoms with E-state index in [1.54, 1.807) is 23.1 Å². The predicted molar refractivity (Wildman–Crippen MR) is 144 cm³/mol. The SMILES string of the molecule is CCCNC(=O)C(Cc1ccccc1)N(Cc1cccc(Br)c1)C(=O)COc1ccc(Cl)c(C)c1. The smallest absolute Gasteiger partial charge is 0.261 e. The molecule has 0 aliphatic carbocycles. The molecule has 0 heterocycles. The molecule has 1 N–H and O–H groups in total. The van der Waals surface area contributed by atoms with Crippen LogP contribution in [0.25, 0.3) is 0 Å².